The van der Waals surface area contributed by atoms with Gasteiger partial charge in [-0.1, -0.05) is 18.2 Å². The van der Waals surface area contributed by atoms with Crippen molar-refractivity contribution in [3.05, 3.63) is 36.0 Å². The molecule has 1 saturated heterocycles. The van der Waals surface area contributed by atoms with E-state index in [9.17, 15) is 19.5 Å². The number of quaternary nitrogens is 1. The fourth-order valence-corrected chi connectivity index (χ4v) is 3.62. The molecule has 0 aliphatic carbocycles. The van der Waals surface area contributed by atoms with Crippen molar-refractivity contribution in [3.8, 4) is 0 Å². The molecule has 2 aromatic rings. The van der Waals surface area contributed by atoms with Crippen LogP contribution in [-0.2, 0) is 20.8 Å². The van der Waals surface area contributed by atoms with Gasteiger partial charge in [0, 0.05) is 36.6 Å². The maximum atomic E-state index is 12.6. The van der Waals surface area contributed by atoms with Crippen LogP contribution in [0.5, 0.6) is 0 Å². The van der Waals surface area contributed by atoms with Crippen LogP contribution in [0.4, 0.5) is 0 Å². The predicted molar refractivity (Wildman–Crippen MR) is 101 cm³/mol. The zero-order valence-corrected chi connectivity index (χ0v) is 15.9. The van der Waals surface area contributed by atoms with E-state index in [2.05, 4.69) is 16.0 Å². The Labute approximate surface area is 163 Å². The molecule has 1 aromatic heterocycles. The predicted octanol–water partition coefficient (Wildman–Crippen LogP) is -1.19. The molecule has 2 heterocycles. The number of amides is 2. The molecule has 0 unspecified atom stereocenters. The highest BCUT2D eigenvalue weighted by Crippen LogP contribution is 2.19. The summed E-state index contributed by atoms with van der Waals surface area (Å²) in [6.45, 7) is 2.71. The second kappa shape index (κ2) is 8.43. The Morgan fingerprint density at radius 1 is 1.29 bits per heavy atom. The molecule has 8 heteroatoms. The second-order valence-corrected chi connectivity index (χ2v) is 7.47. The molecule has 3 rings (SSSR count). The van der Waals surface area contributed by atoms with Crippen molar-refractivity contribution in [2.45, 2.75) is 38.3 Å². The standard InChI is InChI=1S/C20H26N4O4/c1-12(21)19(26)24-8-6-13(7-9-24)18(25)23-17(20(27)28)11-15-10-14-4-2-3-5-16(14)22-15/h2-5,10,12-13,17,22H,6-9,11,21H2,1H3,(H,23,25)(H,27,28)/t12-,17-/m0/s1. The minimum absolute atomic E-state index is 0.0229. The SMILES string of the molecule is C[C@H]([NH3+])C(=O)N1CCC(C(=O)N[C@@H](Cc2cc3ccccc3[nH]2)C(=O)[O-])CC1. The van der Waals surface area contributed by atoms with Gasteiger partial charge in [0.2, 0.25) is 5.91 Å². The van der Waals surface area contributed by atoms with Crippen LogP contribution < -0.4 is 16.2 Å². The van der Waals surface area contributed by atoms with Crippen LogP contribution in [0.1, 0.15) is 25.5 Å². The lowest BCUT2D eigenvalue weighted by molar-refractivity contribution is -0.400. The van der Waals surface area contributed by atoms with Crippen molar-refractivity contribution >= 4 is 28.7 Å². The number of fused-ring (bicyclic) bond motifs is 1. The number of benzene rings is 1. The molecule has 1 aromatic carbocycles. The van der Waals surface area contributed by atoms with Crippen molar-refractivity contribution in [2.75, 3.05) is 13.1 Å². The van der Waals surface area contributed by atoms with Crippen LogP contribution >= 0.6 is 0 Å². The number of aromatic amines is 1. The number of piperidine rings is 1. The van der Waals surface area contributed by atoms with E-state index < -0.39 is 12.0 Å². The Bertz CT molecular complexity index is 835. The molecule has 1 fully saturated rings. The van der Waals surface area contributed by atoms with Gasteiger partial charge >= 0.3 is 0 Å². The number of carboxylic acids is 1. The number of aromatic nitrogens is 1. The molecule has 28 heavy (non-hydrogen) atoms. The van der Waals surface area contributed by atoms with Gasteiger partial charge in [-0.3, -0.25) is 9.59 Å². The van der Waals surface area contributed by atoms with Crippen molar-refractivity contribution in [1.29, 1.82) is 0 Å². The van der Waals surface area contributed by atoms with E-state index in [0.717, 1.165) is 16.6 Å². The first-order chi connectivity index (χ1) is 13.3. The average Bonchev–Trinajstić information content (AvgIpc) is 3.09. The topological polar surface area (TPSA) is 133 Å². The quantitative estimate of drug-likeness (QED) is 0.576. The summed E-state index contributed by atoms with van der Waals surface area (Å²) in [4.78, 5) is 41.0. The van der Waals surface area contributed by atoms with E-state index in [4.69, 9.17) is 0 Å². The lowest BCUT2D eigenvalue weighted by Gasteiger charge is -2.32. The normalized spacial score (nSPS) is 17.3. The number of aliphatic carboxylic acids is 1. The Kier molecular flexibility index (Phi) is 5.99. The van der Waals surface area contributed by atoms with Crippen LogP contribution in [0.3, 0.4) is 0 Å². The first kappa shape index (κ1) is 19.9. The van der Waals surface area contributed by atoms with Crippen LogP contribution in [0.25, 0.3) is 10.9 Å². The number of carboxylic acid groups (broad SMARTS) is 1. The van der Waals surface area contributed by atoms with Gasteiger partial charge in [-0.2, -0.15) is 0 Å². The largest absolute Gasteiger partial charge is 0.548 e. The van der Waals surface area contributed by atoms with E-state index in [1.165, 1.54) is 0 Å². The molecule has 1 aliphatic rings. The van der Waals surface area contributed by atoms with Crippen LogP contribution in [0, 0.1) is 5.92 Å². The summed E-state index contributed by atoms with van der Waals surface area (Å²) in [5.74, 6) is -1.95. The summed E-state index contributed by atoms with van der Waals surface area (Å²) in [5.41, 5.74) is 5.37. The average molecular weight is 386 g/mol. The Balaban J connectivity index is 1.59. The van der Waals surface area contributed by atoms with Gasteiger partial charge in [0.25, 0.3) is 5.91 Å². The third-order valence-corrected chi connectivity index (χ3v) is 5.21. The maximum absolute atomic E-state index is 12.6. The highest BCUT2D eigenvalue weighted by Gasteiger charge is 2.30. The Morgan fingerprint density at radius 3 is 2.57 bits per heavy atom. The zero-order chi connectivity index (χ0) is 20.3. The minimum Gasteiger partial charge on any atom is -0.548 e. The fourth-order valence-electron chi connectivity index (χ4n) is 3.62. The monoisotopic (exact) mass is 386 g/mol. The van der Waals surface area contributed by atoms with E-state index in [1.54, 1.807) is 11.8 Å². The van der Waals surface area contributed by atoms with Crippen LogP contribution in [0.2, 0.25) is 0 Å². The fraction of sp³-hybridized carbons (Fsp3) is 0.450. The first-order valence-corrected chi connectivity index (χ1v) is 9.55. The van der Waals surface area contributed by atoms with Crippen LogP contribution in [-0.4, -0.2) is 52.8 Å². The van der Waals surface area contributed by atoms with Gasteiger partial charge in [0.05, 0.1) is 12.0 Å². The van der Waals surface area contributed by atoms with Crippen molar-refractivity contribution < 1.29 is 25.2 Å². The van der Waals surface area contributed by atoms with Crippen molar-refractivity contribution in [3.63, 3.8) is 0 Å². The molecule has 0 bridgehead atoms. The van der Waals surface area contributed by atoms with E-state index >= 15 is 0 Å². The summed E-state index contributed by atoms with van der Waals surface area (Å²) in [5, 5.41) is 15.1. The summed E-state index contributed by atoms with van der Waals surface area (Å²) < 4.78 is 0. The van der Waals surface area contributed by atoms with Gasteiger partial charge < -0.3 is 30.8 Å². The molecule has 5 N–H and O–H groups in total. The molecule has 0 spiro atoms. The number of para-hydroxylation sites is 1. The number of rotatable bonds is 6. The number of hydrogen-bond donors (Lipinski definition) is 3. The number of likely N-dealkylation sites (tertiary alicyclic amines) is 1. The van der Waals surface area contributed by atoms with Crippen molar-refractivity contribution in [1.82, 2.24) is 15.2 Å². The number of hydrogen-bond acceptors (Lipinski definition) is 4. The van der Waals surface area contributed by atoms with E-state index in [-0.39, 0.29) is 30.2 Å². The number of nitrogens with zero attached hydrogens (tertiary/aromatic N) is 1. The molecule has 2 atom stereocenters. The Hall–Kier alpha value is -2.87. The molecular weight excluding hydrogens is 360 g/mol. The summed E-state index contributed by atoms with van der Waals surface area (Å²) in [6.07, 6.45) is 1.14. The van der Waals surface area contributed by atoms with Gasteiger partial charge in [0.1, 0.15) is 0 Å². The number of carbonyl (C=O) groups excluding carboxylic acids is 3. The van der Waals surface area contributed by atoms with Gasteiger partial charge in [-0.15, -0.1) is 0 Å². The molecule has 2 amide bonds. The summed E-state index contributed by atoms with van der Waals surface area (Å²) in [6, 6.07) is 8.10. The smallest absolute Gasteiger partial charge is 0.280 e. The Morgan fingerprint density at radius 2 is 1.96 bits per heavy atom. The van der Waals surface area contributed by atoms with Gasteiger partial charge in [-0.25, -0.2) is 0 Å². The zero-order valence-electron chi connectivity index (χ0n) is 15.9. The number of H-pyrrole nitrogens is 1. The van der Waals surface area contributed by atoms with E-state index in [1.807, 2.05) is 30.3 Å². The number of nitrogens with one attached hydrogen (secondary N) is 2. The number of carbonyl (C=O) groups is 3. The molecule has 8 nitrogen and oxygen atoms in total. The molecule has 0 radical (unpaired) electrons. The lowest BCUT2D eigenvalue weighted by atomic mass is 9.95. The van der Waals surface area contributed by atoms with E-state index in [0.29, 0.717) is 25.9 Å². The molecular formula is C20H26N4O4. The van der Waals surface area contributed by atoms with Gasteiger partial charge in [0.15, 0.2) is 6.04 Å². The third kappa shape index (κ3) is 4.51. The van der Waals surface area contributed by atoms with Crippen molar-refractivity contribution in [2.24, 2.45) is 5.92 Å². The maximum Gasteiger partial charge on any atom is 0.280 e. The summed E-state index contributed by atoms with van der Waals surface area (Å²) in [7, 11) is 0. The van der Waals surface area contributed by atoms with Gasteiger partial charge in [-0.05, 0) is 37.3 Å². The molecule has 0 saturated carbocycles. The highest BCUT2D eigenvalue weighted by molar-refractivity contribution is 5.85. The minimum atomic E-state index is -1.31. The lowest BCUT2D eigenvalue weighted by Crippen LogP contribution is -2.66. The molecule has 1 aliphatic heterocycles. The third-order valence-electron chi connectivity index (χ3n) is 5.21. The summed E-state index contributed by atoms with van der Waals surface area (Å²) >= 11 is 0. The molecule has 150 valence electrons. The second-order valence-electron chi connectivity index (χ2n) is 7.47. The van der Waals surface area contributed by atoms with Crippen LogP contribution in [0.15, 0.2) is 30.3 Å². The first-order valence-electron chi connectivity index (χ1n) is 9.55. The highest BCUT2D eigenvalue weighted by atomic mass is 16.4.